The largest absolute Gasteiger partial charge is 0.457 e. The standard InChI is InChI=1S/C26H24ClN3O3.2C26H18ClN3O3.C25H22ClN3O3/c1-29-10-3-11-30(13-12-29)26(32)18-5-2-4-17(14-18)24-9-7-20(33-24)16-22-21-15-19(27)6-8-23(21)28-25(22)31;27-19-6-8-23-21(12-19)22(26(32)30-23)13-20-7-9-24(33-20)17-4-1-5-18(11-17)25(31)29-15-16-3-2-10-28-14-16;27-18-7-9-23-21(13-18)22(26(32)30-23)14-20-8-10-24(33-20)16-4-3-5-17(12-16)25(31)29-15-19-6-1-2-11-28-19;1-28-9-11-29(12-10-28)25(31)17-4-2-3-16(13-17)23-8-6-19(32-23)15-21-20-14-18(26)5-7-22(20)27-24(21)30/h2,4-9,14-16H,3,10-13H2,1H3,(H,28,31);2*1-14H,15H2,(H,29,31)(H,30,32);2-8,13-15H,9-12H2,1H3,(H,27,30)/b22-16+;22-13+;22-14+;21-15+. The number of carbonyl (C=O) groups excluding carboxylic acids is 8. The molecule has 6 aliphatic heterocycles. The second-order valence-electron chi connectivity index (χ2n) is 31.5. The molecule has 20 rings (SSSR count). The Balaban J connectivity index is 0.000000122. The van der Waals surface area contributed by atoms with Gasteiger partial charge in [-0.25, -0.2) is 0 Å². The van der Waals surface area contributed by atoms with Crippen LogP contribution >= 0.6 is 46.4 Å². The summed E-state index contributed by atoms with van der Waals surface area (Å²) in [5.74, 6) is 3.47. The van der Waals surface area contributed by atoms with Gasteiger partial charge in [0.2, 0.25) is 0 Å². The fraction of sp³-hybridized carbons (Fsp3) is 0.126. The molecule has 6 N–H and O–H groups in total. The molecule has 0 atom stereocenters. The first-order chi connectivity index (χ1) is 63.6. The van der Waals surface area contributed by atoms with Gasteiger partial charge in [0.05, 0.1) is 34.5 Å². The van der Waals surface area contributed by atoms with E-state index < -0.39 is 0 Å². The number of nitrogens with one attached hydrogen (secondary N) is 6. The third-order valence-electron chi connectivity index (χ3n) is 22.4. The summed E-state index contributed by atoms with van der Waals surface area (Å²) in [6.45, 7) is 7.32. The van der Waals surface area contributed by atoms with Crippen molar-refractivity contribution in [3.05, 3.63) is 366 Å². The van der Waals surface area contributed by atoms with Gasteiger partial charge in [-0.05, 0) is 245 Å². The second kappa shape index (κ2) is 39.7. The number of aromatic nitrogens is 2. The average molecular weight is 1820 g/mol. The second-order valence-corrected chi connectivity index (χ2v) is 33.3. The number of piperazine rings is 1. The molecule has 6 aliphatic rings. The van der Waals surface area contributed by atoms with Crippen molar-refractivity contribution in [3.8, 4) is 45.3 Å². The van der Waals surface area contributed by atoms with E-state index in [4.69, 9.17) is 64.1 Å². The van der Waals surface area contributed by atoms with Crippen molar-refractivity contribution in [1.29, 1.82) is 0 Å². The predicted molar refractivity (Wildman–Crippen MR) is 511 cm³/mol. The van der Waals surface area contributed by atoms with Crippen LogP contribution in [0.1, 0.15) is 104 Å². The summed E-state index contributed by atoms with van der Waals surface area (Å²) in [6, 6.07) is 74.2. The molecule has 2 saturated heterocycles. The van der Waals surface area contributed by atoms with Crippen molar-refractivity contribution >= 4 is 163 Å². The zero-order valence-corrected chi connectivity index (χ0v) is 73.6. The summed E-state index contributed by atoms with van der Waals surface area (Å²) in [4.78, 5) is 117. The van der Waals surface area contributed by atoms with Crippen LogP contribution in [0.4, 0.5) is 22.7 Å². The molecule has 8 amide bonds. The van der Waals surface area contributed by atoms with Crippen LogP contribution in [0, 0.1) is 0 Å². The molecule has 2 fully saturated rings. The molecule has 8 aromatic carbocycles. The van der Waals surface area contributed by atoms with Crippen molar-refractivity contribution < 1.29 is 56.0 Å². The van der Waals surface area contributed by atoms with Gasteiger partial charge < -0.3 is 69.2 Å². The number of furan rings is 4. The lowest BCUT2D eigenvalue weighted by molar-refractivity contribution is -0.111. The molecule has 0 aliphatic carbocycles. The first-order valence-electron chi connectivity index (χ1n) is 42.0. The van der Waals surface area contributed by atoms with E-state index in [-0.39, 0.29) is 47.3 Å². The quantitative estimate of drug-likeness (QED) is 0.0490. The number of hydrogen-bond acceptors (Lipinski definition) is 16. The van der Waals surface area contributed by atoms with E-state index in [1.54, 1.807) is 164 Å². The summed E-state index contributed by atoms with van der Waals surface area (Å²) in [7, 11) is 4.15. The average Bonchev–Trinajstić information content (AvgIpc) is 1.65. The summed E-state index contributed by atoms with van der Waals surface area (Å²) >= 11 is 24.4. The molecule has 0 saturated carbocycles. The minimum atomic E-state index is -0.211. The smallest absolute Gasteiger partial charge is 0.256 e. The summed E-state index contributed by atoms with van der Waals surface area (Å²) in [5.41, 5.74) is 15.0. The van der Waals surface area contributed by atoms with Gasteiger partial charge in [0.25, 0.3) is 47.3 Å². The number of anilines is 4. The Hall–Kier alpha value is -15.0. The monoisotopic (exact) mass is 1820 g/mol. The number of rotatable bonds is 16. The van der Waals surface area contributed by atoms with Crippen molar-refractivity contribution in [2.75, 3.05) is 87.7 Å². The van der Waals surface area contributed by atoms with Crippen molar-refractivity contribution in [1.82, 2.24) is 40.2 Å². The normalized spacial score (nSPS) is 15.6. The van der Waals surface area contributed by atoms with Crippen LogP contribution in [-0.2, 0) is 32.3 Å². The lowest BCUT2D eigenvalue weighted by Gasteiger charge is -2.32. The van der Waals surface area contributed by atoms with Crippen molar-refractivity contribution in [2.45, 2.75) is 19.5 Å². The number of carbonyl (C=O) groups is 8. The van der Waals surface area contributed by atoms with Gasteiger partial charge in [-0.15, -0.1) is 0 Å². The molecule has 0 spiro atoms. The maximum atomic E-state index is 13.1. The Kier molecular flexibility index (Phi) is 26.7. The van der Waals surface area contributed by atoms with Gasteiger partial charge in [-0.1, -0.05) is 107 Å². The Morgan fingerprint density at radius 2 is 0.710 bits per heavy atom. The van der Waals surface area contributed by atoms with Gasteiger partial charge in [0, 0.05) is 181 Å². The van der Waals surface area contributed by atoms with Gasteiger partial charge in [0.1, 0.15) is 46.1 Å². The molecule has 12 heterocycles. The Morgan fingerprint density at radius 1 is 0.359 bits per heavy atom. The molecular formula is C103H82Cl4N12O12. The topological polar surface area (TPSA) is 300 Å². The number of nitrogens with zero attached hydrogens (tertiary/aromatic N) is 6. The Morgan fingerprint density at radius 3 is 1.07 bits per heavy atom. The minimum absolute atomic E-state index is 0.0324. The number of hydrogen-bond donors (Lipinski definition) is 6. The van der Waals surface area contributed by atoms with E-state index in [9.17, 15) is 38.4 Å². The van der Waals surface area contributed by atoms with E-state index in [2.05, 4.69) is 65.8 Å². The van der Waals surface area contributed by atoms with Gasteiger partial charge in [-0.2, -0.15) is 0 Å². The van der Waals surface area contributed by atoms with E-state index in [0.717, 1.165) is 126 Å². The molecule has 0 unspecified atom stereocenters. The van der Waals surface area contributed by atoms with E-state index >= 15 is 0 Å². The van der Waals surface area contributed by atoms with Crippen LogP contribution < -0.4 is 31.9 Å². The van der Waals surface area contributed by atoms with E-state index in [1.165, 1.54) is 0 Å². The highest BCUT2D eigenvalue weighted by Crippen LogP contribution is 2.42. The SMILES string of the molecule is CN1CCCN(C(=O)c2cccc(-c3ccc(/C=C4/C(=O)Nc5ccc(Cl)cc54)o3)c2)CC1.CN1CCN(C(=O)c2cccc(-c3ccc(/C=C4/C(=O)Nc5ccc(Cl)cc54)o3)c2)CC1.O=C1Nc2ccc(Cl)cc2/C1=C\c1ccc(-c2cccc(C(=O)NCc3ccccn3)c2)o1.O=C1Nc2ccc(Cl)cc2/C1=C\c1ccc(-c2cccc(C(=O)NCc3cccnc3)c2)o1. The molecular weight excluding hydrogens is 1740 g/mol. The highest BCUT2D eigenvalue weighted by Gasteiger charge is 2.31. The molecule has 24 nitrogen and oxygen atoms in total. The van der Waals surface area contributed by atoms with Crippen LogP contribution in [0.15, 0.2) is 285 Å². The van der Waals surface area contributed by atoms with Crippen LogP contribution in [0.5, 0.6) is 0 Å². The van der Waals surface area contributed by atoms with E-state index in [0.29, 0.717) is 135 Å². The molecule has 0 radical (unpaired) electrons. The summed E-state index contributed by atoms with van der Waals surface area (Å²) in [6.07, 6.45) is 12.9. The van der Waals surface area contributed by atoms with E-state index in [1.807, 2.05) is 137 Å². The third kappa shape index (κ3) is 21.1. The number of pyridine rings is 2. The molecule has 0 bridgehead atoms. The fourth-order valence-electron chi connectivity index (χ4n) is 15.6. The zero-order chi connectivity index (χ0) is 90.8. The van der Waals surface area contributed by atoms with Crippen LogP contribution in [0.25, 0.3) is 91.9 Å². The van der Waals surface area contributed by atoms with Gasteiger partial charge in [-0.3, -0.25) is 48.3 Å². The number of fused-ring (bicyclic) bond motifs is 4. The Bertz CT molecular complexity index is 6710. The Labute approximate surface area is 772 Å². The number of amides is 8. The van der Waals surface area contributed by atoms with Crippen LogP contribution in [0.2, 0.25) is 20.1 Å². The minimum Gasteiger partial charge on any atom is -0.457 e. The highest BCUT2D eigenvalue weighted by atomic mass is 35.5. The molecule has 14 aromatic rings. The summed E-state index contributed by atoms with van der Waals surface area (Å²) in [5, 5.41) is 19.3. The number of benzene rings is 8. The maximum absolute atomic E-state index is 13.1. The third-order valence-corrected chi connectivity index (χ3v) is 23.4. The molecule has 654 valence electrons. The first-order valence-corrected chi connectivity index (χ1v) is 43.5. The lowest BCUT2D eigenvalue weighted by Crippen LogP contribution is -2.47. The lowest BCUT2D eigenvalue weighted by atomic mass is 10.1. The molecule has 6 aromatic heterocycles. The molecule has 28 heteroatoms. The maximum Gasteiger partial charge on any atom is 0.256 e. The fourth-order valence-corrected chi connectivity index (χ4v) is 16.2. The molecule has 131 heavy (non-hydrogen) atoms. The van der Waals surface area contributed by atoms with Crippen molar-refractivity contribution in [3.63, 3.8) is 0 Å². The number of halogens is 4. The van der Waals surface area contributed by atoms with Gasteiger partial charge >= 0.3 is 0 Å². The van der Waals surface area contributed by atoms with Crippen molar-refractivity contribution in [2.24, 2.45) is 0 Å². The number of likely N-dealkylation sites (N-methyl/N-ethyl adjacent to an activating group) is 2. The zero-order valence-electron chi connectivity index (χ0n) is 70.6. The predicted octanol–water partition coefficient (Wildman–Crippen LogP) is 20.2. The summed E-state index contributed by atoms with van der Waals surface area (Å²) < 4.78 is 23.9. The van der Waals surface area contributed by atoms with Crippen LogP contribution in [0.3, 0.4) is 0 Å². The highest BCUT2D eigenvalue weighted by molar-refractivity contribution is 6.40. The van der Waals surface area contributed by atoms with Crippen LogP contribution in [-0.4, -0.2) is 143 Å². The first kappa shape index (κ1) is 88.0. The van der Waals surface area contributed by atoms with Gasteiger partial charge in [0.15, 0.2) is 0 Å².